The lowest BCUT2D eigenvalue weighted by Crippen LogP contribution is -2.25. The molecule has 9 fully saturated rings. The Balaban J connectivity index is 0.000000389. The Bertz CT molecular complexity index is 1600. The Morgan fingerprint density at radius 2 is 0.986 bits per heavy atom. The Kier molecular flexibility index (Phi) is 27.3. The normalized spacial score (nSPS) is 30.4. The summed E-state index contributed by atoms with van der Waals surface area (Å²) in [5, 5.41) is -0.236. The van der Waals surface area contributed by atoms with E-state index in [0.29, 0.717) is 13.2 Å². The quantitative estimate of drug-likeness (QED) is 0.0819. The maximum Gasteiger partial charge on any atom is 0.516 e. The van der Waals surface area contributed by atoms with Crippen molar-refractivity contribution in [2.45, 2.75) is 69.6 Å². The second kappa shape index (κ2) is 30.5. The molecule has 0 spiro atoms. The number of carbonyl (C=O) groups excluding carboxylic acids is 9. The monoisotopic (exact) mass is 1270 g/mol. The molecule has 9 rings (SSSR count). The minimum absolute atomic E-state index is 0.0509. The molecule has 396 valence electrons. The lowest BCUT2D eigenvalue weighted by Gasteiger charge is -2.03. The first-order valence-electron chi connectivity index (χ1n) is 16.8. The van der Waals surface area contributed by atoms with Crippen molar-refractivity contribution in [3.8, 4) is 0 Å². The zero-order chi connectivity index (χ0) is 52.6. The maximum atomic E-state index is 11.6. The van der Waals surface area contributed by atoms with Gasteiger partial charge in [-0.15, -0.1) is 0 Å². The van der Waals surface area contributed by atoms with Crippen molar-refractivity contribution in [3.05, 3.63) is 0 Å². The Morgan fingerprint density at radius 3 is 1.13 bits per heavy atom. The summed E-state index contributed by atoms with van der Waals surface area (Å²) in [5.74, 6) is 0. The zero-order valence-electron chi connectivity index (χ0n) is 32.5. The van der Waals surface area contributed by atoms with Crippen LogP contribution in [-0.2, 0) is 85.3 Å². The van der Waals surface area contributed by atoms with E-state index in [9.17, 15) is 82.7 Å². The largest absolute Gasteiger partial charge is 0.516 e. The zero-order valence-corrected chi connectivity index (χ0v) is 38.5. The van der Waals surface area contributed by atoms with Gasteiger partial charge < -0.3 is 85.3 Å². The van der Waals surface area contributed by atoms with E-state index in [1.807, 2.05) is 22.6 Å². The molecule has 0 saturated carbocycles. The van der Waals surface area contributed by atoms with Gasteiger partial charge in [0.25, 0.3) is 6.36 Å². The first-order chi connectivity index (χ1) is 32.0. The lowest BCUT2D eigenvalue weighted by atomic mass is 10.4. The Labute approximate surface area is 411 Å². The molecule has 0 amide bonds. The van der Waals surface area contributed by atoms with Crippen molar-refractivity contribution in [2.24, 2.45) is 0 Å². The fourth-order valence-electron chi connectivity index (χ4n) is 2.96. The predicted molar refractivity (Wildman–Crippen MR) is 196 cm³/mol. The fraction of sp³-hybridized carbons (Fsp3) is 0.679. The molecule has 10 unspecified atom stereocenters. The summed E-state index contributed by atoms with van der Waals surface area (Å²) >= 11 is 20.7. The van der Waals surface area contributed by atoms with Crippen LogP contribution in [0.25, 0.3) is 0 Å². The van der Waals surface area contributed by atoms with E-state index in [-0.39, 0.29) is 28.9 Å². The van der Waals surface area contributed by atoms with Gasteiger partial charge in [0, 0.05) is 0 Å². The molecule has 0 bridgehead atoms. The third-order valence-electron chi connectivity index (χ3n) is 5.57. The smallest absolute Gasteiger partial charge is 0.430 e. The van der Waals surface area contributed by atoms with E-state index in [2.05, 4.69) is 101 Å². The van der Waals surface area contributed by atoms with Crippen LogP contribution in [0, 0.1) is 0 Å². The second-order valence-corrected chi connectivity index (χ2v) is 14.6. The van der Waals surface area contributed by atoms with Crippen LogP contribution in [-0.4, -0.2) is 171 Å². The summed E-state index contributed by atoms with van der Waals surface area (Å²) in [5.41, 5.74) is -2.26. The molecule has 10 atom stereocenters. The highest BCUT2D eigenvalue weighted by molar-refractivity contribution is 14.1. The Hall–Kier alpha value is -5.12. The van der Waals surface area contributed by atoms with E-state index in [4.69, 9.17) is 34.8 Å². The van der Waals surface area contributed by atoms with Crippen LogP contribution in [0.1, 0.15) is 0 Å². The van der Waals surface area contributed by atoms with Gasteiger partial charge in [-0.25, -0.2) is 47.5 Å². The van der Waals surface area contributed by atoms with Crippen LogP contribution in [0.3, 0.4) is 0 Å². The van der Waals surface area contributed by atoms with Crippen molar-refractivity contribution >= 4 is 129 Å². The summed E-state index contributed by atoms with van der Waals surface area (Å²) in [6, 6.07) is 0. The first-order valence-corrected chi connectivity index (χ1v) is 20.2. The van der Waals surface area contributed by atoms with Crippen molar-refractivity contribution in [3.63, 3.8) is 0 Å². The van der Waals surface area contributed by atoms with Gasteiger partial charge in [0.2, 0.25) is 16.7 Å². The highest BCUT2D eigenvalue weighted by Crippen LogP contribution is 2.30. The molecule has 0 aliphatic carbocycles. The third-order valence-corrected chi connectivity index (χ3v) is 7.61. The summed E-state index contributed by atoms with van der Waals surface area (Å²) in [4.78, 5) is 88.9. The standard InChI is InChI=1S/C4H5FO3.C3H3BrO3.C3H2Cl2O3.C3H3ClO3.C3HF3O3.2C3H2F2O3.C3H3FO3.C3H3IO3/c5-1-3-2-7-4(6)8-3;4-2-1-6-3(5)7-2;4-1-2(5)8-3(6)7-1;4-2-1-6-3(5)7-2;4-1-3(5,6)9-2(7)8-1;4-3(5)1-7-2(6)8-3;4-1-2(5)8-3(6)7-1;2*4-2-1-6-3(5)7-2/h3H,1-2H2;2H,1H2;1-2H;2H,1H2;1H;1H2;1-2H;2*2H,1H2. The molecule has 0 aromatic rings. The van der Waals surface area contributed by atoms with Crippen LogP contribution in [0.4, 0.5) is 82.7 Å². The number of hydrogen-bond acceptors (Lipinski definition) is 27. The van der Waals surface area contributed by atoms with Gasteiger partial charge in [-0.2, -0.15) is 35.1 Å². The minimum atomic E-state index is -4.11. The molecule has 9 aliphatic heterocycles. The average Bonchev–Trinajstić information content (AvgIpc) is 4.15. The number of alkyl halides is 14. The molecule has 27 nitrogen and oxygen atoms in total. The molecule has 9 saturated heterocycles. The van der Waals surface area contributed by atoms with Crippen LogP contribution < -0.4 is 0 Å². The topological polar surface area (TPSA) is 320 Å². The first kappa shape index (κ1) is 61.9. The van der Waals surface area contributed by atoms with Crippen LogP contribution in [0.15, 0.2) is 0 Å². The number of hydrogen-bond donors (Lipinski definition) is 0. The van der Waals surface area contributed by atoms with Crippen molar-refractivity contribution in [1.82, 2.24) is 0 Å². The number of rotatable bonds is 1. The average molecular weight is 1280 g/mol. The van der Waals surface area contributed by atoms with Gasteiger partial charge in [-0.05, 0) is 38.5 Å². The minimum Gasteiger partial charge on any atom is -0.430 e. The highest BCUT2D eigenvalue weighted by Gasteiger charge is 2.54. The van der Waals surface area contributed by atoms with Gasteiger partial charge >= 0.3 is 86.7 Å². The summed E-state index contributed by atoms with van der Waals surface area (Å²) in [7, 11) is 0. The van der Waals surface area contributed by atoms with Crippen molar-refractivity contribution in [1.29, 1.82) is 0 Å². The molecule has 0 aromatic carbocycles. The van der Waals surface area contributed by atoms with Crippen LogP contribution in [0.2, 0.25) is 0 Å². The molecule has 69 heavy (non-hydrogen) atoms. The molecule has 0 N–H and O–H groups in total. The Morgan fingerprint density at radius 1 is 0.507 bits per heavy atom. The van der Waals surface area contributed by atoms with E-state index in [0.717, 1.165) is 0 Å². The molecule has 9 aliphatic rings. The van der Waals surface area contributed by atoms with E-state index in [1.54, 1.807) is 0 Å². The van der Waals surface area contributed by atoms with Crippen molar-refractivity contribution in [2.75, 3.05) is 46.3 Å². The third kappa shape index (κ3) is 27.6. The summed E-state index contributed by atoms with van der Waals surface area (Å²) in [6.45, 7) is -0.968. The lowest BCUT2D eigenvalue weighted by molar-refractivity contribution is -0.230. The number of ether oxygens (including phenoxy) is 18. The second-order valence-electron chi connectivity index (χ2n) is 10.8. The molecule has 0 aromatic heterocycles. The van der Waals surface area contributed by atoms with E-state index in [1.165, 1.54) is 0 Å². The summed E-state index contributed by atoms with van der Waals surface area (Å²) in [6.07, 6.45) is -25.8. The highest BCUT2D eigenvalue weighted by atomic mass is 127. The molecule has 9 heterocycles. The van der Waals surface area contributed by atoms with Gasteiger partial charge in [-0.1, -0.05) is 34.8 Å². The maximum absolute atomic E-state index is 11.6. The van der Waals surface area contributed by atoms with Crippen molar-refractivity contribution < 1.29 is 168 Å². The van der Waals surface area contributed by atoms with Gasteiger partial charge in [0.15, 0.2) is 28.4 Å². The van der Waals surface area contributed by atoms with Gasteiger partial charge in [-0.3, -0.25) is 0 Å². The summed E-state index contributed by atoms with van der Waals surface area (Å²) < 4.78 is 176. The predicted octanol–water partition coefficient (Wildman–Crippen LogP) is 7.26. The fourth-order valence-corrected chi connectivity index (χ4v) is 4.02. The van der Waals surface area contributed by atoms with Crippen LogP contribution >= 0.6 is 73.3 Å². The molecular weight excluding hydrogens is 1250 g/mol. The van der Waals surface area contributed by atoms with Gasteiger partial charge in [0.1, 0.15) is 33.1 Å². The molecular formula is C28H24BrCl3F9IO27. The van der Waals surface area contributed by atoms with E-state index >= 15 is 0 Å². The number of carbonyl (C=O) groups is 9. The number of cyclic esters (lactones) is 18. The van der Waals surface area contributed by atoms with Gasteiger partial charge in [0.05, 0.1) is 0 Å². The molecule has 41 heteroatoms. The molecule has 0 radical (unpaired) electrons. The van der Waals surface area contributed by atoms with E-state index < -0.39 is 129 Å². The SMILES string of the molecule is O=C1OC(Cl)C(Cl)O1.O=C1OC(F)C(F)(F)O1.O=C1OC(F)C(F)O1.O=C1OCC(Br)O1.O=C1OCC(CF)O1.O=C1OCC(Cl)O1.O=C1OCC(F)(F)O1.O=C1OCC(F)O1.O=C1OCC(I)O1. The number of halogens is 14. The van der Waals surface area contributed by atoms with Crippen LogP contribution in [0.5, 0.6) is 0 Å².